The van der Waals surface area contributed by atoms with E-state index < -0.39 is 30.9 Å². The van der Waals surface area contributed by atoms with Gasteiger partial charge in [-0.15, -0.1) is 0 Å². The van der Waals surface area contributed by atoms with Crippen LogP contribution in [0.4, 0.5) is 4.39 Å². The van der Waals surface area contributed by atoms with Crippen molar-refractivity contribution in [3.05, 3.63) is 29.0 Å². The molecule has 2 heterocycles. The van der Waals surface area contributed by atoms with Crippen molar-refractivity contribution in [2.75, 3.05) is 6.26 Å². The van der Waals surface area contributed by atoms with E-state index in [1.165, 1.54) is 16.6 Å². The summed E-state index contributed by atoms with van der Waals surface area (Å²) >= 11 is 5.69. The smallest absolute Gasteiger partial charge is 0.229 e. The van der Waals surface area contributed by atoms with Gasteiger partial charge in [-0.3, -0.25) is 0 Å². The molecule has 23 heavy (non-hydrogen) atoms. The molecule has 9 heteroatoms. The van der Waals surface area contributed by atoms with Crippen LogP contribution in [0.5, 0.6) is 0 Å². The molecule has 2 fully saturated rings. The van der Waals surface area contributed by atoms with E-state index in [1.807, 2.05) is 0 Å². The molecule has 2 unspecified atom stereocenters. The third-order valence-corrected chi connectivity index (χ3v) is 8.58. The highest BCUT2D eigenvalue weighted by molar-refractivity contribution is 7.91. The van der Waals surface area contributed by atoms with Crippen molar-refractivity contribution >= 4 is 31.5 Å². The van der Waals surface area contributed by atoms with Gasteiger partial charge in [-0.05, 0) is 43.9 Å². The molecule has 2 aliphatic heterocycles. The number of nitrogens with zero attached hydrogens (tertiary/aromatic N) is 1. The Hall–Kier alpha value is -0.700. The van der Waals surface area contributed by atoms with E-state index in [-0.39, 0.29) is 22.0 Å². The van der Waals surface area contributed by atoms with E-state index >= 15 is 0 Å². The maximum atomic E-state index is 13.3. The summed E-state index contributed by atoms with van der Waals surface area (Å²) in [7, 11) is -7.01. The number of fused-ring (bicyclic) bond motifs is 2. The molecule has 0 amide bonds. The predicted molar refractivity (Wildman–Crippen MR) is 85.1 cm³/mol. The minimum atomic E-state index is -3.82. The zero-order chi connectivity index (χ0) is 17.0. The van der Waals surface area contributed by atoms with Crippen LogP contribution < -0.4 is 0 Å². The number of sulfonamides is 1. The van der Waals surface area contributed by atoms with Gasteiger partial charge in [-0.1, -0.05) is 11.6 Å². The van der Waals surface area contributed by atoms with Gasteiger partial charge in [-0.2, -0.15) is 4.31 Å². The number of piperidine rings is 1. The molecule has 128 valence electrons. The van der Waals surface area contributed by atoms with Gasteiger partial charge in [0.05, 0.1) is 15.2 Å². The molecule has 3 rings (SSSR count). The minimum absolute atomic E-state index is 0.0568. The normalized spacial score (nSPS) is 28.9. The Labute approximate surface area is 140 Å². The molecule has 0 aliphatic carbocycles. The van der Waals surface area contributed by atoms with Crippen LogP contribution in [0, 0.1) is 5.82 Å². The second kappa shape index (κ2) is 5.68. The molecule has 2 bridgehead atoms. The highest BCUT2D eigenvalue weighted by atomic mass is 35.5. The maximum Gasteiger partial charge on any atom is 0.243 e. The molecule has 1 aromatic rings. The van der Waals surface area contributed by atoms with E-state index in [1.54, 1.807) is 0 Å². The van der Waals surface area contributed by atoms with Crippen molar-refractivity contribution in [3.63, 3.8) is 0 Å². The average molecular weight is 382 g/mol. The lowest BCUT2D eigenvalue weighted by molar-refractivity contribution is 0.249. The van der Waals surface area contributed by atoms with E-state index in [4.69, 9.17) is 11.6 Å². The average Bonchev–Trinajstić information content (AvgIpc) is 2.72. The van der Waals surface area contributed by atoms with Crippen molar-refractivity contribution in [1.82, 2.24) is 4.31 Å². The lowest BCUT2D eigenvalue weighted by Gasteiger charge is -2.37. The Balaban J connectivity index is 1.95. The van der Waals surface area contributed by atoms with Crippen LogP contribution in [-0.2, 0) is 19.9 Å². The summed E-state index contributed by atoms with van der Waals surface area (Å²) < 4.78 is 64.0. The van der Waals surface area contributed by atoms with Gasteiger partial charge >= 0.3 is 0 Å². The fraction of sp³-hybridized carbons (Fsp3) is 0.571. The summed E-state index contributed by atoms with van der Waals surface area (Å²) in [4.78, 5) is -0.0568. The Morgan fingerprint density at radius 3 is 2.17 bits per heavy atom. The van der Waals surface area contributed by atoms with Gasteiger partial charge < -0.3 is 0 Å². The van der Waals surface area contributed by atoms with Crippen molar-refractivity contribution < 1.29 is 21.2 Å². The molecule has 0 aromatic heterocycles. The third kappa shape index (κ3) is 3.01. The molecule has 5 nitrogen and oxygen atoms in total. The number of sulfone groups is 1. The van der Waals surface area contributed by atoms with Gasteiger partial charge in [0, 0.05) is 18.3 Å². The van der Waals surface area contributed by atoms with Crippen molar-refractivity contribution in [2.24, 2.45) is 0 Å². The van der Waals surface area contributed by atoms with E-state index in [0.717, 1.165) is 12.1 Å². The summed E-state index contributed by atoms with van der Waals surface area (Å²) in [6.07, 6.45) is 3.10. The molecular weight excluding hydrogens is 365 g/mol. The maximum absolute atomic E-state index is 13.3. The molecule has 0 saturated carbocycles. The van der Waals surface area contributed by atoms with Gasteiger partial charge in [0.15, 0.2) is 0 Å². The highest BCUT2D eigenvalue weighted by Gasteiger charge is 2.49. The number of hydrogen-bond acceptors (Lipinski definition) is 4. The lowest BCUT2D eigenvalue weighted by Crippen LogP contribution is -2.49. The number of benzene rings is 1. The molecule has 0 spiro atoms. The summed E-state index contributed by atoms with van der Waals surface area (Å²) in [6, 6.07) is 2.66. The van der Waals surface area contributed by atoms with Crippen molar-refractivity contribution in [2.45, 2.75) is 47.9 Å². The van der Waals surface area contributed by atoms with Gasteiger partial charge in [0.1, 0.15) is 15.7 Å². The zero-order valence-corrected chi connectivity index (χ0v) is 14.8. The summed E-state index contributed by atoms with van der Waals surface area (Å²) in [5.74, 6) is -0.677. The van der Waals surface area contributed by atoms with E-state index in [2.05, 4.69) is 0 Å². The van der Waals surface area contributed by atoms with Crippen LogP contribution in [0.2, 0.25) is 5.02 Å². The lowest BCUT2D eigenvalue weighted by atomic mass is 10.1. The number of rotatable bonds is 3. The van der Waals surface area contributed by atoms with Crippen LogP contribution in [0.1, 0.15) is 25.7 Å². The Morgan fingerprint density at radius 1 is 1.13 bits per heavy atom. The summed E-state index contributed by atoms with van der Waals surface area (Å²) in [5.41, 5.74) is 0. The molecule has 0 N–H and O–H groups in total. The van der Waals surface area contributed by atoms with Gasteiger partial charge in [-0.25, -0.2) is 21.2 Å². The fourth-order valence-electron chi connectivity index (χ4n) is 3.59. The second-order valence-electron chi connectivity index (χ2n) is 6.22. The first-order chi connectivity index (χ1) is 10.6. The quantitative estimate of drug-likeness (QED) is 0.804. The Bertz CT molecular complexity index is 826. The SMILES string of the molecule is CS(=O)(=O)C1CC2CCC(C1)N2S(=O)(=O)c1ccc(F)c(Cl)c1. The van der Waals surface area contributed by atoms with Gasteiger partial charge in [0.2, 0.25) is 10.0 Å². The molecular formula is C14H17ClFNO4S2. The van der Waals surface area contributed by atoms with Crippen molar-refractivity contribution in [3.8, 4) is 0 Å². The number of hydrogen-bond donors (Lipinski definition) is 0. The second-order valence-corrected chi connectivity index (χ2v) is 10.8. The fourth-order valence-corrected chi connectivity index (χ4v) is 6.89. The van der Waals surface area contributed by atoms with E-state index in [9.17, 15) is 21.2 Å². The monoisotopic (exact) mass is 381 g/mol. The minimum Gasteiger partial charge on any atom is -0.229 e. The first-order valence-corrected chi connectivity index (χ1v) is 11.1. The van der Waals surface area contributed by atoms with Crippen LogP contribution >= 0.6 is 11.6 Å². The summed E-state index contributed by atoms with van der Waals surface area (Å²) in [6.45, 7) is 0. The topological polar surface area (TPSA) is 71.5 Å². The predicted octanol–water partition coefficient (Wildman–Crippen LogP) is 2.21. The first kappa shape index (κ1) is 17.1. The Morgan fingerprint density at radius 2 is 1.70 bits per heavy atom. The molecule has 0 radical (unpaired) electrons. The van der Waals surface area contributed by atoms with Gasteiger partial charge in [0.25, 0.3) is 0 Å². The van der Waals surface area contributed by atoms with E-state index in [0.29, 0.717) is 25.7 Å². The third-order valence-electron chi connectivity index (χ3n) is 4.69. The van der Waals surface area contributed by atoms with Crippen LogP contribution in [0.3, 0.4) is 0 Å². The molecule has 2 saturated heterocycles. The number of halogens is 2. The molecule has 2 atom stereocenters. The Kier molecular flexibility index (Phi) is 4.23. The highest BCUT2D eigenvalue weighted by Crippen LogP contribution is 2.41. The molecule has 2 aliphatic rings. The van der Waals surface area contributed by atoms with Crippen LogP contribution in [-0.4, -0.2) is 44.7 Å². The van der Waals surface area contributed by atoms with Crippen LogP contribution in [0.25, 0.3) is 0 Å². The largest absolute Gasteiger partial charge is 0.243 e. The first-order valence-electron chi connectivity index (χ1n) is 7.28. The van der Waals surface area contributed by atoms with Crippen molar-refractivity contribution in [1.29, 1.82) is 0 Å². The zero-order valence-electron chi connectivity index (χ0n) is 12.4. The molecule has 1 aromatic carbocycles. The standard InChI is InChI=1S/C14H17ClFNO4S2/c1-22(18,19)12-6-9-2-3-10(7-12)17(9)23(20,21)11-4-5-14(16)13(15)8-11/h4-5,8-10,12H,2-3,6-7H2,1H3. The van der Waals surface area contributed by atoms with Crippen LogP contribution in [0.15, 0.2) is 23.1 Å². The summed E-state index contributed by atoms with van der Waals surface area (Å²) in [5, 5.41) is -0.743.